The minimum absolute atomic E-state index is 0.292. The minimum Gasteiger partial charge on any atom is -0.315 e. The fraction of sp³-hybridized carbons (Fsp3) is 0.273. The molecule has 2 aromatic rings. The number of aromatic nitrogens is 3. The maximum Gasteiger partial charge on any atom is 0.184 e. The molecule has 4 nitrogen and oxygen atoms in total. The molecular formula is C11H11FN4. The van der Waals surface area contributed by atoms with Crippen molar-refractivity contribution in [2.24, 2.45) is 0 Å². The quantitative estimate of drug-likeness (QED) is 0.798. The summed E-state index contributed by atoms with van der Waals surface area (Å²) in [5.41, 5.74) is 0.442. The summed E-state index contributed by atoms with van der Waals surface area (Å²) in [6.07, 6.45) is 0. The average molecular weight is 218 g/mol. The third-order valence-electron chi connectivity index (χ3n) is 2.79. The maximum atomic E-state index is 13.5. The van der Waals surface area contributed by atoms with E-state index < -0.39 is 0 Å². The van der Waals surface area contributed by atoms with Crippen LogP contribution in [0.1, 0.15) is 11.7 Å². The Morgan fingerprint density at radius 2 is 2.06 bits per heavy atom. The van der Waals surface area contributed by atoms with Crippen LogP contribution in [-0.2, 0) is 0 Å². The van der Waals surface area contributed by atoms with Gasteiger partial charge >= 0.3 is 0 Å². The Morgan fingerprint density at radius 1 is 1.25 bits per heavy atom. The summed E-state index contributed by atoms with van der Waals surface area (Å²) in [5, 5.41) is 10.1. The van der Waals surface area contributed by atoms with E-state index in [4.69, 9.17) is 0 Å². The lowest BCUT2D eigenvalue weighted by Gasteiger charge is -2.24. The van der Waals surface area contributed by atoms with Gasteiger partial charge in [-0.3, -0.25) is 5.10 Å². The second-order valence-corrected chi connectivity index (χ2v) is 3.88. The molecule has 0 aliphatic carbocycles. The normalized spacial score (nSPS) is 16.1. The van der Waals surface area contributed by atoms with Gasteiger partial charge in [-0.25, -0.2) is 9.37 Å². The first-order valence-corrected chi connectivity index (χ1v) is 5.22. The zero-order chi connectivity index (χ0) is 11.0. The van der Waals surface area contributed by atoms with E-state index in [0.29, 0.717) is 17.3 Å². The monoisotopic (exact) mass is 218 g/mol. The Morgan fingerprint density at radius 3 is 2.75 bits per heavy atom. The van der Waals surface area contributed by atoms with Gasteiger partial charge in [0.25, 0.3) is 0 Å². The zero-order valence-corrected chi connectivity index (χ0v) is 8.57. The minimum atomic E-state index is -0.292. The number of halogens is 1. The predicted molar refractivity (Wildman–Crippen MR) is 57.4 cm³/mol. The van der Waals surface area contributed by atoms with E-state index in [1.54, 1.807) is 18.2 Å². The van der Waals surface area contributed by atoms with Crippen LogP contribution in [-0.4, -0.2) is 28.3 Å². The van der Waals surface area contributed by atoms with Crippen LogP contribution >= 0.6 is 0 Å². The highest BCUT2D eigenvalue weighted by Crippen LogP contribution is 2.21. The van der Waals surface area contributed by atoms with Gasteiger partial charge in [-0.15, -0.1) is 0 Å². The molecule has 0 bridgehead atoms. The standard InChI is InChI=1S/C11H11FN4/c12-9-4-2-1-3-8(9)11-14-10(15-16-11)7-5-13-6-7/h1-4,7,13H,5-6H2,(H,14,15,16). The molecule has 16 heavy (non-hydrogen) atoms. The first kappa shape index (κ1) is 9.47. The summed E-state index contributed by atoms with van der Waals surface area (Å²) in [6.45, 7) is 1.82. The number of hydrogen-bond donors (Lipinski definition) is 2. The van der Waals surface area contributed by atoms with Gasteiger partial charge in [0.15, 0.2) is 5.82 Å². The van der Waals surface area contributed by atoms with Gasteiger partial charge in [-0.1, -0.05) is 12.1 Å². The Balaban J connectivity index is 1.95. The van der Waals surface area contributed by atoms with Crippen molar-refractivity contribution < 1.29 is 4.39 Å². The van der Waals surface area contributed by atoms with E-state index in [2.05, 4.69) is 20.5 Å². The summed E-state index contributed by atoms with van der Waals surface area (Å²) in [5.74, 6) is 1.35. The molecule has 0 saturated carbocycles. The van der Waals surface area contributed by atoms with E-state index in [9.17, 15) is 4.39 Å². The molecule has 2 N–H and O–H groups in total. The highest BCUT2D eigenvalue weighted by molar-refractivity contribution is 5.55. The van der Waals surface area contributed by atoms with E-state index in [-0.39, 0.29) is 5.82 Å². The second kappa shape index (κ2) is 3.68. The molecule has 1 aliphatic heterocycles. The van der Waals surface area contributed by atoms with Crippen molar-refractivity contribution in [3.05, 3.63) is 35.9 Å². The van der Waals surface area contributed by atoms with Gasteiger partial charge in [-0.05, 0) is 12.1 Å². The van der Waals surface area contributed by atoms with Crippen LogP contribution in [0.4, 0.5) is 4.39 Å². The van der Waals surface area contributed by atoms with E-state index in [1.165, 1.54) is 6.07 Å². The number of hydrogen-bond acceptors (Lipinski definition) is 3. The lowest BCUT2D eigenvalue weighted by Crippen LogP contribution is -2.40. The largest absolute Gasteiger partial charge is 0.315 e. The van der Waals surface area contributed by atoms with E-state index in [0.717, 1.165) is 18.9 Å². The summed E-state index contributed by atoms with van der Waals surface area (Å²) in [7, 11) is 0. The van der Waals surface area contributed by atoms with Crippen LogP contribution in [0.15, 0.2) is 24.3 Å². The molecule has 82 valence electrons. The topological polar surface area (TPSA) is 53.6 Å². The van der Waals surface area contributed by atoms with Gasteiger partial charge in [0.2, 0.25) is 0 Å². The summed E-state index contributed by atoms with van der Waals surface area (Å²) in [4.78, 5) is 4.32. The van der Waals surface area contributed by atoms with Crippen molar-refractivity contribution in [3.8, 4) is 11.4 Å². The first-order valence-electron chi connectivity index (χ1n) is 5.22. The maximum absolute atomic E-state index is 13.5. The van der Waals surface area contributed by atoms with E-state index >= 15 is 0 Å². The van der Waals surface area contributed by atoms with Crippen molar-refractivity contribution in [3.63, 3.8) is 0 Å². The molecule has 1 aromatic carbocycles. The van der Waals surface area contributed by atoms with Crippen molar-refractivity contribution in [2.45, 2.75) is 5.92 Å². The molecular weight excluding hydrogens is 207 g/mol. The van der Waals surface area contributed by atoms with Gasteiger partial charge in [0, 0.05) is 19.0 Å². The molecule has 1 aliphatic rings. The fourth-order valence-electron chi connectivity index (χ4n) is 1.70. The van der Waals surface area contributed by atoms with E-state index in [1.807, 2.05) is 0 Å². The molecule has 0 amide bonds. The molecule has 0 unspecified atom stereocenters. The molecule has 0 spiro atoms. The Kier molecular flexibility index (Phi) is 2.18. The lowest BCUT2D eigenvalue weighted by molar-refractivity contribution is 0.431. The van der Waals surface area contributed by atoms with Crippen LogP contribution in [0.2, 0.25) is 0 Å². The summed E-state index contributed by atoms with van der Waals surface area (Å²) < 4.78 is 13.5. The first-order chi connectivity index (χ1) is 7.84. The number of nitrogens with zero attached hydrogens (tertiary/aromatic N) is 2. The van der Waals surface area contributed by atoms with Gasteiger partial charge < -0.3 is 5.32 Å². The van der Waals surface area contributed by atoms with Crippen molar-refractivity contribution in [1.29, 1.82) is 0 Å². The average Bonchev–Trinajstić information content (AvgIpc) is 2.65. The lowest BCUT2D eigenvalue weighted by atomic mass is 10.0. The Labute approximate surface area is 91.9 Å². The molecule has 1 saturated heterocycles. The second-order valence-electron chi connectivity index (χ2n) is 3.88. The predicted octanol–water partition coefficient (Wildman–Crippen LogP) is 1.30. The molecule has 0 radical (unpaired) electrons. The number of benzene rings is 1. The van der Waals surface area contributed by atoms with Crippen LogP contribution in [0.5, 0.6) is 0 Å². The van der Waals surface area contributed by atoms with Gasteiger partial charge in [0.1, 0.15) is 11.6 Å². The van der Waals surface area contributed by atoms with Crippen LogP contribution in [0.25, 0.3) is 11.4 Å². The SMILES string of the molecule is Fc1ccccc1-c1n[nH]c(C2CNC2)n1. The third-order valence-corrected chi connectivity index (χ3v) is 2.79. The van der Waals surface area contributed by atoms with Gasteiger partial charge in [-0.2, -0.15) is 5.10 Å². The third kappa shape index (κ3) is 1.49. The number of H-pyrrole nitrogens is 1. The van der Waals surface area contributed by atoms with Crippen molar-refractivity contribution in [1.82, 2.24) is 20.5 Å². The summed E-state index contributed by atoms with van der Waals surface area (Å²) in [6, 6.07) is 6.53. The van der Waals surface area contributed by atoms with Crippen LogP contribution in [0.3, 0.4) is 0 Å². The smallest absolute Gasteiger partial charge is 0.184 e. The van der Waals surface area contributed by atoms with Crippen molar-refractivity contribution in [2.75, 3.05) is 13.1 Å². The highest BCUT2D eigenvalue weighted by atomic mass is 19.1. The number of nitrogens with one attached hydrogen (secondary N) is 2. The molecule has 0 atom stereocenters. The molecule has 1 fully saturated rings. The Hall–Kier alpha value is -1.75. The fourth-order valence-corrected chi connectivity index (χ4v) is 1.70. The molecule has 2 heterocycles. The van der Waals surface area contributed by atoms with Crippen LogP contribution < -0.4 is 5.32 Å². The zero-order valence-electron chi connectivity index (χ0n) is 8.57. The molecule has 5 heteroatoms. The van der Waals surface area contributed by atoms with Crippen LogP contribution in [0, 0.1) is 5.82 Å². The number of aromatic amines is 1. The van der Waals surface area contributed by atoms with Crippen molar-refractivity contribution >= 4 is 0 Å². The highest BCUT2D eigenvalue weighted by Gasteiger charge is 2.23. The van der Waals surface area contributed by atoms with Gasteiger partial charge in [0.05, 0.1) is 5.56 Å². The molecule has 3 rings (SSSR count). The Bertz CT molecular complexity index is 504. The number of rotatable bonds is 2. The summed E-state index contributed by atoms with van der Waals surface area (Å²) >= 11 is 0. The molecule has 1 aromatic heterocycles.